The Morgan fingerprint density at radius 1 is 0.968 bits per heavy atom. The molecule has 0 unspecified atom stereocenters. The maximum Gasteiger partial charge on any atom is 0.254 e. The molecule has 31 heavy (non-hydrogen) atoms. The van der Waals surface area contributed by atoms with Gasteiger partial charge in [0, 0.05) is 6.08 Å². The molecule has 160 valence electrons. The highest BCUT2D eigenvalue weighted by atomic mass is 16.5. The van der Waals surface area contributed by atoms with Crippen molar-refractivity contribution in [3.05, 3.63) is 77.9 Å². The van der Waals surface area contributed by atoms with Gasteiger partial charge >= 0.3 is 0 Å². The second-order valence-corrected chi connectivity index (χ2v) is 6.81. The van der Waals surface area contributed by atoms with E-state index in [9.17, 15) is 9.59 Å². The number of hydrogen-bond acceptors (Lipinski definition) is 5. The molecule has 0 bridgehead atoms. The van der Waals surface area contributed by atoms with Crippen LogP contribution >= 0.6 is 0 Å². The first-order valence-corrected chi connectivity index (χ1v) is 9.82. The molecular formula is C25H25NO5. The lowest BCUT2D eigenvalue weighted by molar-refractivity contribution is -0.140. The second-order valence-electron chi connectivity index (χ2n) is 6.81. The van der Waals surface area contributed by atoms with E-state index in [0.29, 0.717) is 29.2 Å². The van der Waals surface area contributed by atoms with Gasteiger partial charge < -0.3 is 14.2 Å². The molecule has 6 heteroatoms. The number of ether oxygens (including phenoxy) is 3. The van der Waals surface area contributed by atoms with Gasteiger partial charge in [0.1, 0.15) is 0 Å². The Hall–Kier alpha value is -3.80. The first kappa shape index (κ1) is 21.9. The summed E-state index contributed by atoms with van der Waals surface area (Å²) in [5.41, 5.74) is 1.68. The van der Waals surface area contributed by atoms with Gasteiger partial charge in [0.05, 0.1) is 27.4 Å². The van der Waals surface area contributed by atoms with E-state index in [-0.39, 0.29) is 11.9 Å². The zero-order valence-corrected chi connectivity index (χ0v) is 17.8. The third kappa shape index (κ3) is 5.22. The number of nitrogens with zero attached hydrogens (tertiary/aromatic N) is 1. The summed E-state index contributed by atoms with van der Waals surface area (Å²) in [6.45, 7) is 0. The first-order valence-electron chi connectivity index (χ1n) is 9.82. The molecule has 0 spiro atoms. The Morgan fingerprint density at radius 3 is 2.26 bits per heavy atom. The van der Waals surface area contributed by atoms with Crippen molar-refractivity contribution in [1.29, 1.82) is 0 Å². The fraction of sp³-hybridized carbons (Fsp3) is 0.200. The van der Waals surface area contributed by atoms with Crippen LogP contribution in [0.2, 0.25) is 0 Å². The molecule has 2 aromatic carbocycles. The number of hydrogen-bond donors (Lipinski definition) is 0. The van der Waals surface area contributed by atoms with Crippen molar-refractivity contribution in [3.63, 3.8) is 0 Å². The number of carbonyl (C=O) groups excluding carboxylic acids is 2. The minimum Gasteiger partial charge on any atom is -0.493 e. The standard InChI is InChI=1S/C25H25NO5/c1-29-21-16-19(17-22(30-2)25(21)31-3)13-15-24(28)26-20(10-7-11-23(26)27)14-12-18-8-5-4-6-9-18/h4-9,11-17,20H,10H2,1-3H3/b14-12+,15-13+/t20-/m1/s1. The Morgan fingerprint density at radius 2 is 1.65 bits per heavy atom. The van der Waals surface area contributed by atoms with Crippen molar-refractivity contribution in [2.75, 3.05) is 21.3 Å². The summed E-state index contributed by atoms with van der Waals surface area (Å²) in [7, 11) is 4.58. The van der Waals surface area contributed by atoms with E-state index in [1.165, 1.54) is 38.4 Å². The molecule has 6 nitrogen and oxygen atoms in total. The molecule has 0 N–H and O–H groups in total. The molecule has 0 saturated heterocycles. The van der Waals surface area contributed by atoms with E-state index >= 15 is 0 Å². The quantitative estimate of drug-likeness (QED) is 0.632. The van der Waals surface area contributed by atoms with E-state index in [1.54, 1.807) is 24.3 Å². The summed E-state index contributed by atoms with van der Waals surface area (Å²) in [5, 5.41) is 0. The van der Waals surface area contributed by atoms with Crippen LogP contribution in [-0.2, 0) is 9.59 Å². The highest BCUT2D eigenvalue weighted by Gasteiger charge is 2.27. The molecule has 1 atom stereocenters. The zero-order chi connectivity index (χ0) is 22.2. The summed E-state index contributed by atoms with van der Waals surface area (Å²) in [6.07, 6.45) is 10.6. The molecule has 3 rings (SSSR count). The van der Waals surface area contributed by atoms with Crippen LogP contribution in [0.4, 0.5) is 0 Å². The van der Waals surface area contributed by atoms with Crippen LogP contribution in [-0.4, -0.2) is 44.1 Å². The average molecular weight is 419 g/mol. The van der Waals surface area contributed by atoms with Crippen LogP contribution in [0.25, 0.3) is 12.2 Å². The van der Waals surface area contributed by atoms with Gasteiger partial charge in [-0.2, -0.15) is 0 Å². The van der Waals surface area contributed by atoms with E-state index in [0.717, 1.165) is 5.56 Å². The average Bonchev–Trinajstić information content (AvgIpc) is 2.81. The molecule has 2 aromatic rings. The van der Waals surface area contributed by atoms with Crippen molar-refractivity contribution in [3.8, 4) is 17.2 Å². The molecule has 1 heterocycles. The Bertz CT molecular complexity index is 998. The number of amides is 2. The molecule has 2 amide bonds. The second kappa shape index (κ2) is 10.3. The van der Waals surface area contributed by atoms with Crippen molar-refractivity contribution < 1.29 is 23.8 Å². The van der Waals surface area contributed by atoms with Gasteiger partial charge in [0.15, 0.2) is 11.5 Å². The lowest BCUT2D eigenvalue weighted by Gasteiger charge is -2.28. The zero-order valence-electron chi connectivity index (χ0n) is 17.8. The molecule has 0 aliphatic carbocycles. The Kier molecular flexibility index (Phi) is 7.27. The highest BCUT2D eigenvalue weighted by Crippen LogP contribution is 2.38. The van der Waals surface area contributed by atoms with E-state index in [4.69, 9.17) is 14.2 Å². The first-order chi connectivity index (χ1) is 15.1. The maximum absolute atomic E-state index is 12.9. The molecule has 1 aliphatic rings. The van der Waals surface area contributed by atoms with Gasteiger partial charge in [-0.3, -0.25) is 14.5 Å². The number of methoxy groups -OCH3 is 3. The van der Waals surface area contributed by atoms with E-state index in [2.05, 4.69) is 0 Å². The normalized spacial score (nSPS) is 16.2. The number of benzene rings is 2. The van der Waals surface area contributed by atoms with Gasteiger partial charge in [-0.15, -0.1) is 0 Å². The predicted octanol–water partition coefficient (Wildman–Crippen LogP) is 4.12. The third-order valence-electron chi connectivity index (χ3n) is 4.86. The summed E-state index contributed by atoms with van der Waals surface area (Å²) >= 11 is 0. The molecule has 0 saturated carbocycles. The topological polar surface area (TPSA) is 65.1 Å². The summed E-state index contributed by atoms with van der Waals surface area (Å²) in [4.78, 5) is 26.6. The molecule has 0 aromatic heterocycles. The smallest absolute Gasteiger partial charge is 0.254 e. The van der Waals surface area contributed by atoms with Crippen molar-refractivity contribution in [2.45, 2.75) is 12.5 Å². The SMILES string of the molecule is COc1cc(/C=C/C(=O)N2C(=O)C=CC[C@@H]2/C=C/c2ccccc2)cc(OC)c1OC. The monoisotopic (exact) mass is 419 g/mol. The third-order valence-corrected chi connectivity index (χ3v) is 4.86. The van der Waals surface area contributed by atoms with Crippen LogP contribution in [0.15, 0.2) is 66.8 Å². The fourth-order valence-electron chi connectivity index (χ4n) is 3.33. The lowest BCUT2D eigenvalue weighted by Crippen LogP contribution is -2.43. The summed E-state index contributed by atoms with van der Waals surface area (Å²) in [5.74, 6) is 0.694. The number of carbonyl (C=O) groups is 2. The van der Waals surface area contributed by atoms with Crippen molar-refractivity contribution in [2.24, 2.45) is 0 Å². The lowest BCUT2D eigenvalue weighted by atomic mass is 10.0. The minimum absolute atomic E-state index is 0.339. The van der Waals surface area contributed by atoms with E-state index in [1.807, 2.05) is 42.5 Å². The van der Waals surface area contributed by atoms with Crippen LogP contribution in [0.3, 0.4) is 0 Å². The van der Waals surface area contributed by atoms with Gasteiger partial charge in [-0.05, 0) is 41.8 Å². The predicted molar refractivity (Wildman–Crippen MR) is 120 cm³/mol. The summed E-state index contributed by atoms with van der Waals surface area (Å²) < 4.78 is 16.0. The van der Waals surface area contributed by atoms with Crippen LogP contribution in [0.5, 0.6) is 17.2 Å². The molecule has 0 fully saturated rings. The summed E-state index contributed by atoms with van der Waals surface area (Å²) in [6, 6.07) is 12.9. The molecule has 0 radical (unpaired) electrons. The Labute approximate surface area is 182 Å². The van der Waals surface area contributed by atoms with Crippen LogP contribution < -0.4 is 14.2 Å². The van der Waals surface area contributed by atoms with Gasteiger partial charge in [0.25, 0.3) is 11.8 Å². The van der Waals surface area contributed by atoms with Crippen LogP contribution in [0.1, 0.15) is 17.5 Å². The minimum atomic E-state index is -0.397. The fourth-order valence-corrected chi connectivity index (χ4v) is 3.33. The van der Waals surface area contributed by atoms with Gasteiger partial charge in [-0.25, -0.2) is 0 Å². The number of imide groups is 1. The number of rotatable bonds is 7. The Balaban J connectivity index is 1.83. The highest BCUT2D eigenvalue weighted by molar-refractivity contribution is 6.07. The van der Waals surface area contributed by atoms with Crippen LogP contribution in [0, 0.1) is 0 Å². The molecule has 1 aliphatic heterocycles. The molecular weight excluding hydrogens is 394 g/mol. The van der Waals surface area contributed by atoms with Crippen molar-refractivity contribution in [1.82, 2.24) is 4.90 Å². The van der Waals surface area contributed by atoms with Crippen molar-refractivity contribution >= 4 is 24.0 Å². The van der Waals surface area contributed by atoms with E-state index < -0.39 is 5.91 Å². The van der Waals surface area contributed by atoms with Gasteiger partial charge in [-0.1, -0.05) is 48.6 Å². The van der Waals surface area contributed by atoms with Gasteiger partial charge in [0.2, 0.25) is 5.75 Å². The largest absolute Gasteiger partial charge is 0.493 e. The maximum atomic E-state index is 12.9.